The van der Waals surface area contributed by atoms with Crippen LogP contribution in [-0.4, -0.2) is 75.1 Å². The number of aromatic nitrogens is 1. The minimum Gasteiger partial charge on any atom is -0.497 e. The Balaban J connectivity index is 1.79. The van der Waals surface area contributed by atoms with Crippen LogP contribution in [-0.2, 0) is 30.7 Å². The van der Waals surface area contributed by atoms with E-state index in [1.54, 1.807) is 19.1 Å². The molecule has 1 aromatic heterocycles. The normalized spacial score (nSPS) is 17.7. The van der Waals surface area contributed by atoms with E-state index in [1.807, 2.05) is 29.7 Å². The zero-order valence-corrected chi connectivity index (χ0v) is 20.2. The number of thiazole rings is 1. The van der Waals surface area contributed by atoms with Crippen LogP contribution in [0.25, 0.3) is 10.2 Å². The lowest BCUT2D eigenvalue weighted by Gasteiger charge is -2.30. The predicted octanol–water partition coefficient (Wildman–Crippen LogP) is 1.46. The highest BCUT2D eigenvalue weighted by Crippen LogP contribution is 2.23. The molecule has 1 aliphatic rings. The molecule has 1 unspecified atom stereocenters. The van der Waals surface area contributed by atoms with Crippen molar-refractivity contribution >= 4 is 43.2 Å². The predicted molar refractivity (Wildman–Crippen MR) is 122 cm³/mol. The Bertz CT molecular complexity index is 1150. The summed E-state index contributed by atoms with van der Waals surface area (Å²) in [6, 6.07) is 5.50. The van der Waals surface area contributed by atoms with Crippen LogP contribution in [0.15, 0.2) is 23.2 Å². The first-order chi connectivity index (χ1) is 15.2. The molecular formula is C21H29N3O6S2. The van der Waals surface area contributed by atoms with E-state index in [0.717, 1.165) is 23.1 Å². The fourth-order valence-corrected chi connectivity index (χ4v) is 5.94. The number of likely N-dealkylation sites (tertiary alicyclic amines) is 1. The first-order valence-electron chi connectivity index (χ1n) is 10.4. The summed E-state index contributed by atoms with van der Waals surface area (Å²) in [5, 5.41) is 0. The maximum atomic E-state index is 12.5. The topological polar surface area (TPSA) is 107 Å². The molecule has 0 bridgehead atoms. The molecule has 1 aliphatic heterocycles. The minimum atomic E-state index is -3.92. The van der Waals surface area contributed by atoms with Gasteiger partial charge in [0.05, 0.1) is 23.9 Å². The quantitative estimate of drug-likeness (QED) is 0.563. The van der Waals surface area contributed by atoms with Gasteiger partial charge in [-0.1, -0.05) is 18.3 Å². The van der Waals surface area contributed by atoms with Crippen LogP contribution in [0.3, 0.4) is 0 Å². The lowest BCUT2D eigenvalue weighted by atomic mass is 10.0. The number of hydrogen-bond acceptors (Lipinski definition) is 7. The lowest BCUT2D eigenvalue weighted by Crippen LogP contribution is -2.42. The fourth-order valence-electron chi connectivity index (χ4n) is 3.74. The molecule has 3 rings (SSSR count). The van der Waals surface area contributed by atoms with Crippen LogP contribution in [0.2, 0.25) is 0 Å². The molecule has 0 spiro atoms. The van der Waals surface area contributed by atoms with Crippen molar-refractivity contribution in [3.8, 4) is 5.75 Å². The summed E-state index contributed by atoms with van der Waals surface area (Å²) in [4.78, 5) is 31.0. The molecule has 32 heavy (non-hydrogen) atoms. The van der Waals surface area contributed by atoms with Crippen LogP contribution in [0, 0.1) is 5.92 Å². The largest absolute Gasteiger partial charge is 0.497 e. The van der Waals surface area contributed by atoms with Crippen molar-refractivity contribution in [2.24, 2.45) is 10.9 Å². The molecule has 2 amide bonds. The molecule has 2 aromatic rings. The zero-order chi connectivity index (χ0) is 23.3. The van der Waals surface area contributed by atoms with Gasteiger partial charge in [0.25, 0.3) is 5.91 Å². The molecule has 11 heteroatoms. The van der Waals surface area contributed by atoms with Gasteiger partial charge in [-0.15, -0.1) is 0 Å². The second kappa shape index (κ2) is 10.6. The molecule has 1 atom stereocenters. The summed E-state index contributed by atoms with van der Waals surface area (Å²) >= 11 is 1.26. The first-order valence-corrected chi connectivity index (χ1v) is 13.1. The maximum absolute atomic E-state index is 12.5. The molecular weight excluding hydrogens is 454 g/mol. The van der Waals surface area contributed by atoms with Gasteiger partial charge >= 0.3 is 0 Å². The Morgan fingerprint density at radius 2 is 2.03 bits per heavy atom. The highest BCUT2D eigenvalue weighted by Gasteiger charge is 2.27. The molecule has 176 valence electrons. The molecule has 1 saturated heterocycles. The lowest BCUT2D eigenvalue weighted by molar-refractivity contribution is -0.130. The summed E-state index contributed by atoms with van der Waals surface area (Å²) in [5.74, 6) is -1.70. The van der Waals surface area contributed by atoms with E-state index in [-0.39, 0.29) is 0 Å². The van der Waals surface area contributed by atoms with Gasteiger partial charge in [-0.2, -0.15) is 4.99 Å². The van der Waals surface area contributed by atoms with Crippen molar-refractivity contribution in [1.82, 2.24) is 9.47 Å². The van der Waals surface area contributed by atoms with Crippen molar-refractivity contribution in [1.29, 1.82) is 0 Å². The fraction of sp³-hybridized carbons (Fsp3) is 0.571. The highest BCUT2D eigenvalue weighted by atomic mass is 32.2. The van der Waals surface area contributed by atoms with Crippen molar-refractivity contribution in [2.45, 2.75) is 26.3 Å². The molecule has 0 radical (unpaired) electrons. The van der Waals surface area contributed by atoms with Gasteiger partial charge in [-0.25, -0.2) is 8.42 Å². The van der Waals surface area contributed by atoms with E-state index in [9.17, 15) is 18.0 Å². The Labute approximate surface area is 191 Å². The second-order valence-electron chi connectivity index (χ2n) is 7.99. The van der Waals surface area contributed by atoms with Crippen molar-refractivity contribution in [3.63, 3.8) is 0 Å². The van der Waals surface area contributed by atoms with Crippen LogP contribution in [0.5, 0.6) is 5.75 Å². The van der Waals surface area contributed by atoms with E-state index < -0.39 is 33.2 Å². The number of amides is 2. The number of fused-ring (bicyclic) bond motifs is 1. The molecule has 0 N–H and O–H groups in total. The van der Waals surface area contributed by atoms with Crippen LogP contribution in [0.4, 0.5) is 0 Å². The molecule has 0 saturated carbocycles. The van der Waals surface area contributed by atoms with Crippen LogP contribution < -0.4 is 9.54 Å². The Kier molecular flexibility index (Phi) is 8.07. The van der Waals surface area contributed by atoms with Gasteiger partial charge in [0, 0.05) is 26.7 Å². The van der Waals surface area contributed by atoms with Crippen molar-refractivity contribution in [2.75, 3.05) is 45.4 Å². The third kappa shape index (κ3) is 6.17. The Morgan fingerprint density at radius 3 is 2.72 bits per heavy atom. The number of piperidine rings is 1. The number of benzene rings is 1. The highest BCUT2D eigenvalue weighted by molar-refractivity contribution is 7.92. The molecule has 1 aromatic carbocycles. The summed E-state index contributed by atoms with van der Waals surface area (Å²) < 4.78 is 38.1. The average Bonchev–Trinajstić information content (AvgIpc) is 3.06. The SMILES string of the molecule is COCCn1c(=NC(=O)CS(=O)(=O)CC(=O)N2CCCC(C)C2)sc2cc(OC)ccc21. The number of hydrogen-bond donors (Lipinski definition) is 0. The van der Waals surface area contributed by atoms with Crippen LogP contribution >= 0.6 is 11.3 Å². The number of ether oxygens (including phenoxy) is 2. The first kappa shape index (κ1) is 24.4. The minimum absolute atomic E-state index is 0.348. The van der Waals surface area contributed by atoms with Gasteiger partial charge in [-0.3, -0.25) is 9.59 Å². The van der Waals surface area contributed by atoms with Gasteiger partial charge in [0.2, 0.25) is 5.91 Å². The third-order valence-corrected chi connectivity index (χ3v) is 7.74. The van der Waals surface area contributed by atoms with Crippen molar-refractivity contribution in [3.05, 3.63) is 23.0 Å². The van der Waals surface area contributed by atoms with E-state index in [0.29, 0.717) is 42.7 Å². The Morgan fingerprint density at radius 1 is 1.25 bits per heavy atom. The summed E-state index contributed by atoms with van der Waals surface area (Å²) in [6.45, 7) is 4.00. The second-order valence-corrected chi connectivity index (χ2v) is 11.1. The van der Waals surface area contributed by atoms with Crippen molar-refractivity contribution < 1.29 is 27.5 Å². The Hall–Kier alpha value is -2.24. The summed E-state index contributed by atoms with van der Waals surface area (Å²) in [6.07, 6.45) is 1.89. The van der Waals surface area contributed by atoms with E-state index >= 15 is 0 Å². The maximum Gasteiger partial charge on any atom is 0.263 e. The zero-order valence-electron chi connectivity index (χ0n) is 18.6. The number of carbonyl (C=O) groups excluding carboxylic acids is 2. The number of rotatable bonds is 8. The number of methoxy groups -OCH3 is 2. The third-order valence-electron chi connectivity index (χ3n) is 5.33. The monoisotopic (exact) mass is 483 g/mol. The average molecular weight is 484 g/mol. The van der Waals surface area contributed by atoms with Gasteiger partial charge in [0.15, 0.2) is 14.6 Å². The van der Waals surface area contributed by atoms with Gasteiger partial charge in [0.1, 0.15) is 17.3 Å². The van der Waals surface area contributed by atoms with Gasteiger partial charge in [-0.05, 0) is 37.0 Å². The standard InChI is InChI=1S/C21H29N3O6S2/c1-15-5-4-8-23(12-15)20(26)14-32(27,28)13-19(25)22-21-24(9-10-29-2)17-7-6-16(30-3)11-18(17)31-21/h6-7,11,15H,4-5,8-10,12-14H2,1-3H3. The molecule has 0 aliphatic carbocycles. The molecule has 2 heterocycles. The summed E-state index contributed by atoms with van der Waals surface area (Å²) in [5.41, 5.74) is 0.844. The number of carbonyl (C=O) groups is 2. The summed E-state index contributed by atoms with van der Waals surface area (Å²) in [7, 11) is -0.776. The number of nitrogens with zero attached hydrogens (tertiary/aromatic N) is 3. The van der Waals surface area contributed by atoms with E-state index in [4.69, 9.17) is 9.47 Å². The molecule has 1 fully saturated rings. The van der Waals surface area contributed by atoms with Crippen LogP contribution in [0.1, 0.15) is 19.8 Å². The van der Waals surface area contributed by atoms with Gasteiger partial charge < -0.3 is 18.9 Å². The smallest absolute Gasteiger partial charge is 0.263 e. The molecule has 9 nitrogen and oxygen atoms in total. The van der Waals surface area contributed by atoms with E-state index in [1.165, 1.54) is 11.3 Å². The van der Waals surface area contributed by atoms with E-state index in [2.05, 4.69) is 4.99 Å². The number of sulfone groups is 1.